The molecule has 130 valence electrons. The standard InChI is InChI=1S/C17H19N5O3/c1-8(2)9-4-12-10(11(16(23)24)7-22(12)3)5-13(9)25-14-6-20-17(19)21-15(14)18/h4-8H,1-3H3,(H,23,24)(H4,18,19,20,21). The van der Waals surface area contributed by atoms with Gasteiger partial charge in [-0.1, -0.05) is 13.8 Å². The predicted octanol–water partition coefficient (Wildman–Crippen LogP) is 2.75. The maximum absolute atomic E-state index is 11.5. The van der Waals surface area contributed by atoms with Crippen LogP contribution in [0.5, 0.6) is 11.5 Å². The second-order valence-electron chi connectivity index (χ2n) is 6.10. The summed E-state index contributed by atoms with van der Waals surface area (Å²) in [6.45, 7) is 4.05. The van der Waals surface area contributed by atoms with Crippen molar-refractivity contribution in [2.24, 2.45) is 7.05 Å². The van der Waals surface area contributed by atoms with Gasteiger partial charge in [-0.3, -0.25) is 0 Å². The van der Waals surface area contributed by atoms with Crippen LogP contribution < -0.4 is 16.2 Å². The van der Waals surface area contributed by atoms with Crippen molar-refractivity contribution in [3.8, 4) is 11.5 Å². The molecule has 0 radical (unpaired) electrons. The van der Waals surface area contributed by atoms with Gasteiger partial charge in [0.25, 0.3) is 0 Å². The number of fused-ring (bicyclic) bond motifs is 1. The largest absolute Gasteiger partial charge is 0.478 e. The van der Waals surface area contributed by atoms with E-state index in [1.807, 2.05) is 27.0 Å². The van der Waals surface area contributed by atoms with Gasteiger partial charge < -0.3 is 25.9 Å². The summed E-state index contributed by atoms with van der Waals surface area (Å²) in [6, 6.07) is 3.64. The number of carbonyl (C=O) groups is 1. The van der Waals surface area contributed by atoms with Gasteiger partial charge in [-0.15, -0.1) is 0 Å². The highest BCUT2D eigenvalue weighted by Gasteiger charge is 2.19. The molecule has 0 atom stereocenters. The number of benzene rings is 1. The Hall–Kier alpha value is -3.29. The van der Waals surface area contributed by atoms with Gasteiger partial charge in [0.05, 0.1) is 11.8 Å². The van der Waals surface area contributed by atoms with Crippen LogP contribution in [-0.4, -0.2) is 25.6 Å². The summed E-state index contributed by atoms with van der Waals surface area (Å²) in [4.78, 5) is 19.3. The van der Waals surface area contributed by atoms with Gasteiger partial charge in [-0.25, -0.2) is 9.78 Å². The topological polar surface area (TPSA) is 129 Å². The van der Waals surface area contributed by atoms with Crippen LogP contribution in [-0.2, 0) is 7.05 Å². The number of aromatic carboxylic acids is 1. The molecule has 0 spiro atoms. The van der Waals surface area contributed by atoms with Crippen LogP contribution >= 0.6 is 0 Å². The fourth-order valence-electron chi connectivity index (χ4n) is 2.73. The maximum atomic E-state index is 11.5. The van der Waals surface area contributed by atoms with E-state index < -0.39 is 5.97 Å². The second kappa shape index (κ2) is 5.97. The Morgan fingerprint density at radius 2 is 2.00 bits per heavy atom. The van der Waals surface area contributed by atoms with E-state index in [2.05, 4.69) is 9.97 Å². The van der Waals surface area contributed by atoms with Crippen molar-refractivity contribution in [2.45, 2.75) is 19.8 Å². The molecule has 8 nitrogen and oxygen atoms in total. The minimum absolute atomic E-state index is 0.0561. The summed E-state index contributed by atoms with van der Waals surface area (Å²) in [5.74, 6) is 0.108. The Bertz CT molecular complexity index is 978. The van der Waals surface area contributed by atoms with Gasteiger partial charge in [-0.2, -0.15) is 4.98 Å². The molecule has 0 aliphatic heterocycles. The number of nitrogens with two attached hydrogens (primary N) is 2. The Morgan fingerprint density at radius 3 is 2.60 bits per heavy atom. The molecule has 0 saturated heterocycles. The number of nitrogens with zero attached hydrogens (tertiary/aromatic N) is 3. The van der Waals surface area contributed by atoms with Gasteiger partial charge in [-0.05, 0) is 23.6 Å². The van der Waals surface area contributed by atoms with E-state index in [1.54, 1.807) is 16.8 Å². The first kappa shape index (κ1) is 16.6. The Kier molecular flexibility index (Phi) is 3.96. The number of hydrogen-bond acceptors (Lipinski definition) is 6. The van der Waals surface area contributed by atoms with Gasteiger partial charge in [0.15, 0.2) is 11.6 Å². The van der Waals surface area contributed by atoms with Crippen LogP contribution in [0, 0.1) is 0 Å². The van der Waals surface area contributed by atoms with E-state index in [4.69, 9.17) is 16.2 Å². The lowest BCUT2D eigenvalue weighted by molar-refractivity contribution is 0.0699. The summed E-state index contributed by atoms with van der Waals surface area (Å²) >= 11 is 0. The summed E-state index contributed by atoms with van der Waals surface area (Å²) in [7, 11) is 1.81. The van der Waals surface area contributed by atoms with Gasteiger partial charge in [0.1, 0.15) is 5.75 Å². The molecule has 2 heterocycles. The first-order chi connectivity index (χ1) is 11.8. The van der Waals surface area contributed by atoms with E-state index in [0.717, 1.165) is 11.1 Å². The third-order valence-electron chi connectivity index (χ3n) is 3.99. The molecule has 1 aromatic carbocycles. The van der Waals surface area contributed by atoms with Crippen LogP contribution in [0.3, 0.4) is 0 Å². The van der Waals surface area contributed by atoms with Crippen molar-refractivity contribution < 1.29 is 14.6 Å². The molecule has 3 rings (SSSR count). The van der Waals surface area contributed by atoms with Gasteiger partial charge >= 0.3 is 5.97 Å². The Labute approximate surface area is 144 Å². The molecule has 0 aliphatic carbocycles. The van der Waals surface area contributed by atoms with E-state index >= 15 is 0 Å². The van der Waals surface area contributed by atoms with Crippen LogP contribution in [0.2, 0.25) is 0 Å². The zero-order chi connectivity index (χ0) is 18.3. The predicted molar refractivity (Wildman–Crippen MR) is 94.9 cm³/mol. The number of aromatic nitrogens is 3. The van der Waals surface area contributed by atoms with Crippen LogP contribution in [0.4, 0.5) is 11.8 Å². The SMILES string of the molecule is CC(C)c1cc2c(cc1Oc1cnc(N)nc1N)c(C(=O)O)cn2C. The molecule has 25 heavy (non-hydrogen) atoms. The van der Waals surface area contributed by atoms with Crippen molar-refractivity contribution in [1.29, 1.82) is 0 Å². The maximum Gasteiger partial charge on any atom is 0.337 e. The number of carboxylic acid groups (broad SMARTS) is 1. The highest BCUT2D eigenvalue weighted by atomic mass is 16.5. The summed E-state index contributed by atoms with van der Waals surface area (Å²) in [6.07, 6.45) is 2.98. The number of rotatable bonds is 4. The first-order valence-electron chi connectivity index (χ1n) is 7.70. The monoisotopic (exact) mass is 341 g/mol. The fraction of sp³-hybridized carbons (Fsp3) is 0.235. The van der Waals surface area contributed by atoms with E-state index in [-0.39, 0.29) is 29.0 Å². The summed E-state index contributed by atoms with van der Waals surface area (Å²) in [5.41, 5.74) is 13.3. The van der Waals surface area contributed by atoms with Crippen molar-refractivity contribution in [3.05, 3.63) is 35.7 Å². The van der Waals surface area contributed by atoms with E-state index in [9.17, 15) is 9.90 Å². The number of aryl methyl sites for hydroxylation is 1. The lowest BCUT2D eigenvalue weighted by Crippen LogP contribution is -2.03. The van der Waals surface area contributed by atoms with Crippen LogP contribution in [0.1, 0.15) is 35.7 Å². The zero-order valence-electron chi connectivity index (χ0n) is 14.1. The average Bonchev–Trinajstić information content (AvgIpc) is 2.86. The lowest BCUT2D eigenvalue weighted by Gasteiger charge is -2.15. The van der Waals surface area contributed by atoms with E-state index in [0.29, 0.717) is 11.1 Å². The fourth-order valence-corrected chi connectivity index (χ4v) is 2.73. The summed E-state index contributed by atoms with van der Waals surface area (Å²) in [5, 5.41) is 10.0. The minimum atomic E-state index is -0.996. The normalized spacial score (nSPS) is 11.2. The smallest absolute Gasteiger partial charge is 0.337 e. The van der Waals surface area contributed by atoms with Crippen LogP contribution in [0.15, 0.2) is 24.5 Å². The molecule has 0 fully saturated rings. The average molecular weight is 341 g/mol. The van der Waals surface area contributed by atoms with Gasteiger partial charge in [0.2, 0.25) is 5.95 Å². The highest BCUT2D eigenvalue weighted by Crippen LogP contribution is 2.37. The van der Waals surface area contributed by atoms with Crippen molar-refractivity contribution in [3.63, 3.8) is 0 Å². The molecule has 3 aromatic rings. The molecular formula is C17H19N5O3. The molecule has 5 N–H and O–H groups in total. The molecular weight excluding hydrogens is 322 g/mol. The third kappa shape index (κ3) is 2.93. The third-order valence-corrected chi connectivity index (χ3v) is 3.99. The molecule has 2 aromatic heterocycles. The number of anilines is 2. The lowest BCUT2D eigenvalue weighted by atomic mass is 9.99. The van der Waals surface area contributed by atoms with Gasteiger partial charge in [0, 0.05) is 24.1 Å². The Balaban J connectivity index is 2.19. The molecule has 0 saturated carbocycles. The zero-order valence-corrected chi connectivity index (χ0v) is 14.1. The quantitative estimate of drug-likeness (QED) is 0.665. The first-order valence-corrected chi connectivity index (χ1v) is 7.70. The number of ether oxygens (including phenoxy) is 1. The summed E-state index contributed by atoms with van der Waals surface area (Å²) < 4.78 is 7.69. The molecule has 0 aliphatic rings. The van der Waals surface area contributed by atoms with Crippen LogP contribution in [0.25, 0.3) is 10.9 Å². The van der Waals surface area contributed by atoms with Crippen molar-refractivity contribution in [2.75, 3.05) is 11.5 Å². The number of hydrogen-bond donors (Lipinski definition) is 3. The Morgan fingerprint density at radius 1 is 1.28 bits per heavy atom. The van der Waals surface area contributed by atoms with E-state index in [1.165, 1.54) is 6.20 Å². The van der Waals surface area contributed by atoms with Crippen molar-refractivity contribution >= 4 is 28.6 Å². The molecule has 0 amide bonds. The number of carboxylic acids is 1. The highest BCUT2D eigenvalue weighted by molar-refractivity contribution is 6.04. The molecule has 0 unspecified atom stereocenters. The van der Waals surface area contributed by atoms with Crippen molar-refractivity contribution in [1.82, 2.24) is 14.5 Å². The molecule has 0 bridgehead atoms. The minimum Gasteiger partial charge on any atom is -0.478 e. The second-order valence-corrected chi connectivity index (χ2v) is 6.10. The number of nitrogen functional groups attached to an aromatic ring is 2. The molecule has 8 heteroatoms.